The van der Waals surface area contributed by atoms with Gasteiger partial charge < -0.3 is 21.3 Å². The van der Waals surface area contributed by atoms with Crippen molar-refractivity contribution in [1.82, 2.24) is 15.5 Å². The number of nitrogens with two attached hydrogens (primary N) is 1. The Hall–Kier alpha value is -2.84. The Bertz CT molecular complexity index is 999. The van der Waals surface area contributed by atoms with Gasteiger partial charge in [-0.1, -0.05) is 34.6 Å². The molecule has 4 amide bonds. The summed E-state index contributed by atoms with van der Waals surface area (Å²) < 4.78 is 39.0. The number of primary amides is 1. The Kier molecular flexibility index (Phi) is 6.88. The van der Waals surface area contributed by atoms with Gasteiger partial charge in [-0.3, -0.25) is 19.2 Å². The minimum Gasteiger partial charge on any atom is -0.368 e. The zero-order chi connectivity index (χ0) is 27.4. The lowest BCUT2D eigenvalue weighted by molar-refractivity contribution is -0.176. The number of hydrogen-bond donors (Lipinski definition) is 3. The normalized spacial score (nSPS) is 30.9. The number of carbonyl (C=O) groups is 4. The number of nitriles is 1. The number of likely N-dealkylation sites (tertiary alicyclic amines) is 1. The van der Waals surface area contributed by atoms with Crippen molar-refractivity contribution in [2.45, 2.75) is 72.1 Å². The first-order valence-corrected chi connectivity index (χ1v) is 12.1. The molecule has 3 rings (SSSR count). The molecule has 4 N–H and O–H groups in total. The van der Waals surface area contributed by atoms with Crippen LogP contribution in [0.2, 0.25) is 0 Å². The van der Waals surface area contributed by atoms with Crippen molar-refractivity contribution in [2.75, 3.05) is 13.1 Å². The molecule has 3 fully saturated rings. The van der Waals surface area contributed by atoms with Crippen LogP contribution in [-0.2, 0) is 19.2 Å². The SMILES string of the molecule is CC(C)(C)[C@H](NC(=O)C(F)(F)F)C(=O)N1CC2C(C)(C)C2([C@@H](C#N)C[C@@H]2CCCNC2=O)C1C(N)=O. The van der Waals surface area contributed by atoms with Crippen molar-refractivity contribution < 1.29 is 32.3 Å². The third kappa shape index (κ3) is 4.30. The lowest BCUT2D eigenvalue weighted by Gasteiger charge is -2.41. The largest absolute Gasteiger partial charge is 0.471 e. The summed E-state index contributed by atoms with van der Waals surface area (Å²) in [5.74, 6) is -5.72. The molecule has 2 aliphatic heterocycles. The summed E-state index contributed by atoms with van der Waals surface area (Å²) in [7, 11) is 0. The van der Waals surface area contributed by atoms with Crippen molar-refractivity contribution in [2.24, 2.45) is 39.7 Å². The number of alkyl halides is 3. The highest BCUT2D eigenvalue weighted by Crippen LogP contribution is 2.78. The molecule has 0 aromatic carbocycles. The van der Waals surface area contributed by atoms with Crippen LogP contribution in [0, 0.1) is 45.3 Å². The first-order valence-electron chi connectivity index (χ1n) is 12.1. The smallest absolute Gasteiger partial charge is 0.368 e. The van der Waals surface area contributed by atoms with Gasteiger partial charge in [0.15, 0.2) is 0 Å². The molecule has 3 unspecified atom stereocenters. The lowest BCUT2D eigenvalue weighted by atomic mass is 9.72. The highest BCUT2D eigenvalue weighted by atomic mass is 19.4. The maximum atomic E-state index is 13.6. The molecule has 0 bridgehead atoms. The molecule has 0 spiro atoms. The van der Waals surface area contributed by atoms with E-state index in [0.717, 1.165) is 11.3 Å². The number of nitrogens with one attached hydrogen (secondary N) is 2. The summed E-state index contributed by atoms with van der Waals surface area (Å²) in [5, 5.41) is 14.8. The number of amides is 4. The highest BCUT2D eigenvalue weighted by Gasteiger charge is 2.83. The summed E-state index contributed by atoms with van der Waals surface area (Å²) in [5.41, 5.74) is 3.03. The number of carbonyl (C=O) groups excluding carboxylic acids is 4. The maximum Gasteiger partial charge on any atom is 0.471 e. The van der Waals surface area contributed by atoms with Crippen LogP contribution in [-0.4, -0.2) is 59.9 Å². The number of piperidine rings is 2. The second-order valence-electron chi connectivity index (χ2n) is 11.8. The van der Waals surface area contributed by atoms with Crippen LogP contribution in [0.25, 0.3) is 0 Å². The van der Waals surface area contributed by atoms with E-state index in [4.69, 9.17) is 5.73 Å². The molecule has 3 aliphatic rings. The van der Waals surface area contributed by atoms with Gasteiger partial charge in [0.05, 0.1) is 12.0 Å². The molecule has 12 heteroatoms. The average molecular weight is 514 g/mol. The Morgan fingerprint density at radius 3 is 2.36 bits per heavy atom. The molecule has 0 aromatic heterocycles. The van der Waals surface area contributed by atoms with Crippen molar-refractivity contribution in [1.29, 1.82) is 5.26 Å². The monoisotopic (exact) mass is 513 g/mol. The maximum absolute atomic E-state index is 13.6. The summed E-state index contributed by atoms with van der Waals surface area (Å²) in [6.07, 6.45) is -3.67. The van der Waals surface area contributed by atoms with Crippen molar-refractivity contribution >= 4 is 23.6 Å². The van der Waals surface area contributed by atoms with Gasteiger partial charge >= 0.3 is 12.1 Å². The standard InChI is InChI=1S/C24H34F3N5O4/c1-21(2,3)15(31-20(36)24(25,26)27)19(35)32-11-14-22(4,5)23(14,16(32)17(29)33)13(10-28)9-12-7-6-8-30-18(12)34/h12-16H,6-9,11H2,1-5H3,(H2,29,33)(H,30,34)(H,31,36)/t12-,13+,14?,15+,16?,23?/m0/s1. The van der Waals surface area contributed by atoms with Crippen LogP contribution in [0.1, 0.15) is 53.9 Å². The molecule has 1 aliphatic carbocycles. The Labute approximate surface area is 208 Å². The van der Waals surface area contributed by atoms with Crippen LogP contribution >= 0.6 is 0 Å². The van der Waals surface area contributed by atoms with Crippen LogP contribution in [0.3, 0.4) is 0 Å². The molecular weight excluding hydrogens is 479 g/mol. The number of hydrogen-bond acceptors (Lipinski definition) is 5. The summed E-state index contributed by atoms with van der Waals surface area (Å²) in [4.78, 5) is 51.7. The quantitative estimate of drug-likeness (QED) is 0.493. The zero-order valence-electron chi connectivity index (χ0n) is 21.2. The van der Waals surface area contributed by atoms with E-state index in [1.165, 1.54) is 20.8 Å². The molecule has 0 radical (unpaired) electrons. The van der Waals surface area contributed by atoms with Gasteiger partial charge in [-0.15, -0.1) is 0 Å². The second-order valence-corrected chi connectivity index (χ2v) is 11.8. The van der Waals surface area contributed by atoms with Gasteiger partial charge in [-0.05, 0) is 36.0 Å². The first-order chi connectivity index (χ1) is 16.4. The number of fused-ring (bicyclic) bond motifs is 1. The summed E-state index contributed by atoms with van der Waals surface area (Å²) in [6.45, 7) is 8.80. The number of nitrogens with zero attached hydrogens (tertiary/aromatic N) is 2. The number of rotatable bonds is 6. The molecular formula is C24H34F3N5O4. The van der Waals surface area contributed by atoms with E-state index in [1.54, 1.807) is 5.32 Å². The molecule has 6 atom stereocenters. The Morgan fingerprint density at radius 1 is 1.28 bits per heavy atom. The van der Waals surface area contributed by atoms with E-state index in [9.17, 15) is 37.6 Å². The van der Waals surface area contributed by atoms with Gasteiger partial charge in [-0.2, -0.15) is 18.4 Å². The van der Waals surface area contributed by atoms with E-state index in [2.05, 4.69) is 11.4 Å². The lowest BCUT2D eigenvalue weighted by Crippen LogP contribution is -2.61. The fraction of sp³-hybridized carbons (Fsp3) is 0.792. The minimum atomic E-state index is -5.20. The highest BCUT2D eigenvalue weighted by molar-refractivity contribution is 5.95. The Morgan fingerprint density at radius 2 is 1.89 bits per heavy atom. The average Bonchev–Trinajstić information content (AvgIpc) is 3.05. The van der Waals surface area contributed by atoms with Gasteiger partial charge in [0.25, 0.3) is 0 Å². The zero-order valence-corrected chi connectivity index (χ0v) is 21.2. The number of halogens is 3. The van der Waals surface area contributed by atoms with Gasteiger partial charge in [-0.25, -0.2) is 0 Å². The van der Waals surface area contributed by atoms with E-state index in [-0.39, 0.29) is 24.8 Å². The van der Waals surface area contributed by atoms with E-state index in [1.807, 2.05) is 13.8 Å². The summed E-state index contributed by atoms with van der Waals surface area (Å²) in [6, 6.07) is -0.595. The molecule has 2 saturated heterocycles. The predicted molar refractivity (Wildman–Crippen MR) is 121 cm³/mol. The van der Waals surface area contributed by atoms with Crippen LogP contribution < -0.4 is 16.4 Å². The molecule has 36 heavy (non-hydrogen) atoms. The molecule has 9 nitrogen and oxygen atoms in total. The van der Waals surface area contributed by atoms with Crippen molar-refractivity contribution in [3.8, 4) is 6.07 Å². The minimum absolute atomic E-state index is 0.00293. The van der Waals surface area contributed by atoms with Crippen LogP contribution in [0.15, 0.2) is 0 Å². The van der Waals surface area contributed by atoms with Gasteiger partial charge in [0, 0.05) is 24.4 Å². The second kappa shape index (κ2) is 8.92. The molecule has 200 valence electrons. The molecule has 1 saturated carbocycles. The Balaban J connectivity index is 1.98. The third-order valence-electron chi connectivity index (χ3n) is 8.47. The van der Waals surface area contributed by atoms with Crippen molar-refractivity contribution in [3.05, 3.63) is 0 Å². The van der Waals surface area contributed by atoms with Crippen LogP contribution in [0.4, 0.5) is 13.2 Å². The van der Waals surface area contributed by atoms with E-state index >= 15 is 0 Å². The first kappa shape index (κ1) is 27.7. The third-order valence-corrected chi connectivity index (χ3v) is 8.47. The van der Waals surface area contributed by atoms with Gasteiger partial charge in [0.2, 0.25) is 17.7 Å². The van der Waals surface area contributed by atoms with E-state index < -0.39 is 64.1 Å². The fourth-order valence-electron chi connectivity index (χ4n) is 6.64. The summed E-state index contributed by atoms with van der Waals surface area (Å²) >= 11 is 0. The van der Waals surface area contributed by atoms with Crippen LogP contribution in [0.5, 0.6) is 0 Å². The fourth-order valence-corrected chi connectivity index (χ4v) is 6.64. The van der Waals surface area contributed by atoms with Gasteiger partial charge in [0.1, 0.15) is 12.1 Å². The predicted octanol–water partition coefficient (Wildman–Crippen LogP) is 1.47. The molecule has 0 aromatic rings. The topological polar surface area (TPSA) is 145 Å². The van der Waals surface area contributed by atoms with E-state index in [0.29, 0.717) is 13.0 Å². The molecule has 2 heterocycles. The van der Waals surface area contributed by atoms with Crippen molar-refractivity contribution in [3.63, 3.8) is 0 Å².